The first kappa shape index (κ1) is 20.0. The summed E-state index contributed by atoms with van der Waals surface area (Å²) >= 11 is 18.3. The topological polar surface area (TPSA) is 41.1 Å². The lowest BCUT2D eigenvalue weighted by atomic mass is 10.1. The molecule has 3 nitrogen and oxygen atoms in total. The van der Waals surface area contributed by atoms with Crippen LogP contribution in [0.5, 0.6) is 0 Å². The van der Waals surface area contributed by atoms with E-state index in [1.54, 1.807) is 13.0 Å². The molecule has 0 heterocycles. The van der Waals surface area contributed by atoms with Crippen molar-refractivity contribution in [2.45, 2.75) is 26.8 Å². The molecule has 0 bridgehead atoms. The van der Waals surface area contributed by atoms with Crippen LogP contribution in [0.2, 0.25) is 15.1 Å². The highest BCUT2D eigenvalue weighted by atomic mass is 35.5. The highest BCUT2D eigenvalue weighted by Gasteiger charge is 2.18. The Balaban J connectivity index is 2.05. The van der Waals surface area contributed by atoms with Crippen molar-refractivity contribution in [3.05, 3.63) is 61.8 Å². The molecule has 25 heavy (non-hydrogen) atoms. The zero-order chi connectivity index (χ0) is 18.7. The van der Waals surface area contributed by atoms with E-state index in [0.29, 0.717) is 21.3 Å². The molecule has 0 saturated carbocycles. The molecule has 0 saturated heterocycles. The monoisotopic (exact) mass is 402 g/mol. The van der Waals surface area contributed by atoms with Crippen LogP contribution in [-0.4, -0.2) is 12.5 Å². The van der Waals surface area contributed by atoms with Gasteiger partial charge >= 0.3 is 0 Å². The van der Waals surface area contributed by atoms with E-state index in [0.717, 1.165) is 11.1 Å². The fraction of sp³-hybridized carbons (Fsp3) is 0.278. The number of halogens is 4. The summed E-state index contributed by atoms with van der Waals surface area (Å²) in [5.41, 5.74) is 2.89. The first-order valence-electron chi connectivity index (χ1n) is 7.64. The van der Waals surface area contributed by atoms with Gasteiger partial charge in [-0.15, -0.1) is 0 Å². The first-order valence-corrected chi connectivity index (χ1v) is 8.77. The number of amides is 1. The van der Waals surface area contributed by atoms with Gasteiger partial charge in [0.1, 0.15) is 5.82 Å². The molecule has 134 valence electrons. The van der Waals surface area contributed by atoms with Crippen LogP contribution in [0.25, 0.3) is 0 Å². The number of hydrogen-bond donors (Lipinski definition) is 2. The zero-order valence-electron chi connectivity index (χ0n) is 14.0. The van der Waals surface area contributed by atoms with Gasteiger partial charge < -0.3 is 10.6 Å². The van der Waals surface area contributed by atoms with E-state index in [9.17, 15) is 9.18 Å². The van der Waals surface area contributed by atoms with Crippen molar-refractivity contribution < 1.29 is 9.18 Å². The number of carbonyl (C=O) groups is 1. The maximum absolute atomic E-state index is 13.6. The molecule has 2 rings (SSSR count). The van der Waals surface area contributed by atoms with Gasteiger partial charge in [0.2, 0.25) is 5.91 Å². The van der Waals surface area contributed by atoms with Crippen LogP contribution in [0.1, 0.15) is 29.7 Å². The second-order valence-electron chi connectivity index (χ2n) is 5.85. The SMILES string of the molecule is Cc1cc(C)c(NC(=O)CNC(C)c2c(Cl)ccc(F)c2Cl)c(Cl)c1. The molecule has 2 aromatic carbocycles. The van der Waals surface area contributed by atoms with Crippen LogP contribution < -0.4 is 10.6 Å². The van der Waals surface area contributed by atoms with Gasteiger partial charge in [0.25, 0.3) is 0 Å². The minimum absolute atomic E-state index is 0.00597. The quantitative estimate of drug-likeness (QED) is 0.629. The summed E-state index contributed by atoms with van der Waals surface area (Å²) in [6.45, 7) is 5.55. The lowest BCUT2D eigenvalue weighted by Crippen LogP contribution is -2.30. The molecule has 0 aliphatic carbocycles. The Hall–Kier alpha value is -1.33. The fourth-order valence-electron chi connectivity index (χ4n) is 2.55. The number of benzene rings is 2. The summed E-state index contributed by atoms with van der Waals surface area (Å²) < 4.78 is 13.6. The third kappa shape index (κ3) is 4.85. The van der Waals surface area contributed by atoms with Gasteiger partial charge in [-0.25, -0.2) is 4.39 Å². The van der Waals surface area contributed by atoms with Crippen molar-refractivity contribution in [1.29, 1.82) is 0 Å². The predicted molar refractivity (Wildman–Crippen MR) is 102 cm³/mol. The number of rotatable bonds is 5. The molecular formula is C18H18Cl3FN2O. The average Bonchev–Trinajstić information content (AvgIpc) is 2.53. The predicted octanol–water partition coefficient (Wildman–Crippen LogP) is 5.69. The van der Waals surface area contributed by atoms with Gasteiger partial charge in [-0.3, -0.25) is 4.79 Å². The van der Waals surface area contributed by atoms with Crippen molar-refractivity contribution in [3.63, 3.8) is 0 Å². The molecule has 0 aromatic heterocycles. The molecule has 0 radical (unpaired) electrons. The van der Waals surface area contributed by atoms with Crippen LogP contribution in [-0.2, 0) is 4.79 Å². The highest BCUT2D eigenvalue weighted by Crippen LogP contribution is 2.32. The van der Waals surface area contributed by atoms with Crippen molar-refractivity contribution in [2.24, 2.45) is 0 Å². The smallest absolute Gasteiger partial charge is 0.238 e. The van der Waals surface area contributed by atoms with Gasteiger partial charge in [0, 0.05) is 16.6 Å². The molecule has 1 amide bonds. The van der Waals surface area contributed by atoms with E-state index in [-0.39, 0.29) is 17.5 Å². The normalized spacial score (nSPS) is 12.1. The molecule has 0 aliphatic rings. The summed E-state index contributed by atoms with van der Waals surface area (Å²) in [7, 11) is 0. The van der Waals surface area contributed by atoms with Gasteiger partial charge in [-0.2, -0.15) is 0 Å². The molecule has 7 heteroatoms. The maximum Gasteiger partial charge on any atom is 0.238 e. The third-order valence-corrected chi connectivity index (χ3v) is 4.79. The van der Waals surface area contributed by atoms with Crippen LogP contribution in [0.15, 0.2) is 24.3 Å². The minimum Gasteiger partial charge on any atom is -0.323 e. The van der Waals surface area contributed by atoms with Crippen molar-refractivity contribution in [1.82, 2.24) is 5.32 Å². The number of aryl methyl sites for hydroxylation is 2. The third-order valence-electron chi connectivity index (χ3n) is 3.78. The summed E-state index contributed by atoms with van der Waals surface area (Å²) in [6.07, 6.45) is 0. The largest absolute Gasteiger partial charge is 0.323 e. The molecule has 2 N–H and O–H groups in total. The molecular weight excluding hydrogens is 386 g/mol. The maximum atomic E-state index is 13.6. The Labute approximate surface area is 161 Å². The van der Waals surface area contributed by atoms with Crippen LogP contribution in [0.4, 0.5) is 10.1 Å². The molecule has 0 aliphatic heterocycles. The summed E-state index contributed by atoms with van der Waals surface area (Å²) in [6, 6.07) is 5.95. The average molecular weight is 404 g/mol. The Morgan fingerprint density at radius 2 is 1.84 bits per heavy atom. The standard InChI is InChI=1S/C18H18Cl3FN2O/c1-9-6-10(2)18(13(20)7-9)24-15(25)8-23-11(3)16-12(19)4-5-14(22)17(16)21/h4-7,11,23H,8H2,1-3H3,(H,24,25). The second-order valence-corrected chi connectivity index (χ2v) is 7.04. The zero-order valence-corrected chi connectivity index (χ0v) is 16.3. The molecule has 0 fully saturated rings. The number of carbonyl (C=O) groups excluding carboxylic acids is 1. The molecule has 2 aromatic rings. The first-order chi connectivity index (χ1) is 11.7. The highest BCUT2D eigenvalue weighted by molar-refractivity contribution is 6.36. The van der Waals surface area contributed by atoms with Crippen molar-refractivity contribution >= 4 is 46.4 Å². The van der Waals surface area contributed by atoms with E-state index in [4.69, 9.17) is 34.8 Å². The summed E-state index contributed by atoms with van der Waals surface area (Å²) in [5.74, 6) is -0.828. The van der Waals surface area contributed by atoms with E-state index >= 15 is 0 Å². The summed E-state index contributed by atoms with van der Waals surface area (Å²) in [5, 5.41) is 6.54. The summed E-state index contributed by atoms with van der Waals surface area (Å²) in [4.78, 5) is 12.2. The number of nitrogens with one attached hydrogen (secondary N) is 2. The molecule has 0 spiro atoms. The second kappa shape index (κ2) is 8.37. The molecule has 1 unspecified atom stereocenters. The van der Waals surface area contributed by atoms with Gasteiger partial charge in [-0.05, 0) is 50.1 Å². The fourth-order valence-corrected chi connectivity index (χ4v) is 3.61. The van der Waals surface area contributed by atoms with E-state index in [2.05, 4.69) is 10.6 Å². The lowest BCUT2D eigenvalue weighted by Gasteiger charge is -2.18. The van der Waals surface area contributed by atoms with Crippen LogP contribution >= 0.6 is 34.8 Å². The molecule has 1 atom stereocenters. The Morgan fingerprint density at radius 1 is 1.16 bits per heavy atom. The van der Waals surface area contributed by atoms with Crippen molar-refractivity contribution in [3.8, 4) is 0 Å². The Bertz CT molecular complexity index is 788. The lowest BCUT2D eigenvalue weighted by molar-refractivity contribution is -0.115. The van der Waals surface area contributed by atoms with Gasteiger partial charge in [-0.1, -0.05) is 40.9 Å². The Kier molecular flexibility index (Phi) is 6.69. The van der Waals surface area contributed by atoms with Gasteiger partial charge in [0.05, 0.1) is 22.3 Å². The Morgan fingerprint density at radius 3 is 2.48 bits per heavy atom. The van der Waals surface area contributed by atoms with Crippen LogP contribution in [0.3, 0.4) is 0 Å². The number of anilines is 1. The van der Waals surface area contributed by atoms with Crippen LogP contribution in [0, 0.1) is 19.7 Å². The van der Waals surface area contributed by atoms with E-state index < -0.39 is 11.9 Å². The van der Waals surface area contributed by atoms with Gasteiger partial charge in [0.15, 0.2) is 0 Å². The van der Waals surface area contributed by atoms with Crippen molar-refractivity contribution in [2.75, 3.05) is 11.9 Å². The van der Waals surface area contributed by atoms with E-state index in [1.165, 1.54) is 12.1 Å². The van der Waals surface area contributed by atoms with E-state index in [1.807, 2.05) is 19.9 Å². The minimum atomic E-state index is -0.554. The number of hydrogen-bond acceptors (Lipinski definition) is 2.